The van der Waals surface area contributed by atoms with Gasteiger partial charge >= 0.3 is 0 Å². The van der Waals surface area contributed by atoms with Gasteiger partial charge in [0.05, 0.1) is 19.2 Å². The van der Waals surface area contributed by atoms with E-state index >= 15 is 0 Å². The van der Waals surface area contributed by atoms with Crippen LogP contribution in [-0.2, 0) is 11.4 Å². The van der Waals surface area contributed by atoms with Crippen molar-refractivity contribution in [3.8, 4) is 11.5 Å². The van der Waals surface area contributed by atoms with Crippen LogP contribution in [-0.4, -0.2) is 25.6 Å². The van der Waals surface area contributed by atoms with Gasteiger partial charge in [0.1, 0.15) is 6.61 Å². The second kappa shape index (κ2) is 8.72. The summed E-state index contributed by atoms with van der Waals surface area (Å²) in [7, 11) is 1.63. The van der Waals surface area contributed by atoms with E-state index < -0.39 is 0 Å². The van der Waals surface area contributed by atoms with Crippen LogP contribution in [0.1, 0.15) is 36.9 Å². The molecule has 1 aliphatic heterocycles. The summed E-state index contributed by atoms with van der Waals surface area (Å²) >= 11 is 0. The zero-order valence-corrected chi connectivity index (χ0v) is 15.3. The number of nitrogens with one attached hydrogen (secondary N) is 2. The molecule has 1 aliphatic rings. The summed E-state index contributed by atoms with van der Waals surface area (Å²) in [6, 6.07) is 15.6. The van der Waals surface area contributed by atoms with Gasteiger partial charge in [0.25, 0.3) is 0 Å². The normalized spacial score (nSPS) is 17.5. The molecule has 5 nitrogen and oxygen atoms in total. The van der Waals surface area contributed by atoms with E-state index in [1.54, 1.807) is 7.11 Å². The maximum absolute atomic E-state index is 12.3. The molecule has 26 heavy (non-hydrogen) atoms. The molecule has 2 aromatic carbocycles. The number of methoxy groups -OCH3 is 1. The first-order valence-corrected chi connectivity index (χ1v) is 9.06. The van der Waals surface area contributed by atoms with E-state index in [0.717, 1.165) is 30.5 Å². The molecule has 0 bridgehead atoms. The van der Waals surface area contributed by atoms with E-state index in [2.05, 4.69) is 10.6 Å². The molecule has 3 rings (SSSR count). The Morgan fingerprint density at radius 1 is 1.23 bits per heavy atom. The van der Waals surface area contributed by atoms with Gasteiger partial charge in [-0.25, -0.2) is 0 Å². The highest BCUT2D eigenvalue weighted by molar-refractivity contribution is 5.82. The van der Waals surface area contributed by atoms with E-state index in [4.69, 9.17) is 9.47 Å². The highest BCUT2D eigenvalue weighted by Crippen LogP contribution is 2.31. The predicted molar refractivity (Wildman–Crippen MR) is 101 cm³/mol. The molecule has 0 saturated carbocycles. The number of benzene rings is 2. The summed E-state index contributed by atoms with van der Waals surface area (Å²) < 4.78 is 11.4. The molecule has 2 unspecified atom stereocenters. The molecular formula is C21H26N2O3. The van der Waals surface area contributed by atoms with Crippen molar-refractivity contribution in [1.82, 2.24) is 10.6 Å². The standard InChI is InChI=1S/C21H26N2O3/c1-15(23-21(24)18-9-6-12-22-18)17-10-11-19(20(13-17)25-2)26-14-16-7-4-3-5-8-16/h3-5,7-8,10-11,13,15,18,22H,6,9,12,14H2,1-2H3,(H,23,24). The Bertz CT molecular complexity index is 727. The van der Waals surface area contributed by atoms with Crippen LogP contribution in [0.5, 0.6) is 11.5 Å². The lowest BCUT2D eigenvalue weighted by Gasteiger charge is -2.19. The number of ether oxygens (including phenoxy) is 2. The Balaban J connectivity index is 1.64. The summed E-state index contributed by atoms with van der Waals surface area (Å²) in [4.78, 5) is 12.3. The zero-order chi connectivity index (χ0) is 18.4. The quantitative estimate of drug-likeness (QED) is 0.802. The molecule has 138 valence electrons. The third-order valence-corrected chi connectivity index (χ3v) is 4.66. The van der Waals surface area contributed by atoms with Crippen LogP contribution in [0.25, 0.3) is 0 Å². The number of carbonyl (C=O) groups excluding carboxylic acids is 1. The number of carbonyl (C=O) groups is 1. The minimum atomic E-state index is -0.0954. The summed E-state index contributed by atoms with van der Waals surface area (Å²) in [6.07, 6.45) is 1.95. The van der Waals surface area contributed by atoms with Crippen LogP contribution in [0.4, 0.5) is 0 Å². The molecule has 1 heterocycles. The van der Waals surface area contributed by atoms with Crippen LogP contribution < -0.4 is 20.1 Å². The molecule has 1 amide bonds. The Morgan fingerprint density at radius 3 is 2.73 bits per heavy atom. The fourth-order valence-electron chi connectivity index (χ4n) is 3.11. The SMILES string of the molecule is COc1cc(C(C)NC(=O)C2CCCN2)ccc1OCc1ccccc1. The van der Waals surface area contributed by atoms with Gasteiger partial charge < -0.3 is 20.1 Å². The molecule has 5 heteroatoms. The van der Waals surface area contributed by atoms with Crippen LogP contribution in [0, 0.1) is 0 Å². The van der Waals surface area contributed by atoms with Crippen molar-refractivity contribution in [2.24, 2.45) is 0 Å². The zero-order valence-electron chi connectivity index (χ0n) is 15.3. The minimum absolute atomic E-state index is 0.0540. The van der Waals surface area contributed by atoms with Crippen LogP contribution >= 0.6 is 0 Å². The minimum Gasteiger partial charge on any atom is -0.493 e. The second-order valence-corrected chi connectivity index (χ2v) is 6.56. The Kier molecular flexibility index (Phi) is 6.12. The smallest absolute Gasteiger partial charge is 0.237 e. The van der Waals surface area contributed by atoms with E-state index in [1.165, 1.54) is 0 Å². The highest BCUT2D eigenvalue weighted by atomic mass is 16.5. The van der Waals surface area contributed by atoms with Crippen molar-refractivity contribution >= 4 is 5.91 Å². The Morgan fingerprint density at radius 2 is 2.04 bits per heavy atom. The van der Waals surface area contributed by atoms with Gasteiger partial charge in [0.15, 0.2) is 11.5 Å². The fourth-order valence-corrected chi connectivity index (χ4v) is 3.11. The van der Waals surface area contributed by atoms with E-state index in [0.29, 0.717) is 18.1 Å². The molecule has 2 aromatic rings. The lowest BCUT2D eigenvalue weighted by atomic mass is 10.1. The van der Waals surface area contributed by atoms with Crippen molar-refractivity contribution in [3.05, 3.63) is 59.7 Å². The summed E-state index contributed by atoms with van der Waals surface area (Å²) in [5, 5.41) is 6.29. The molecule has 0 aliphatic carbocycles. The molecular weight excluding hydrogens is 328 g/mol. The first-order valence-electron chi connectivity index (χ1n) is 9.06. The number of hydrogen-bond acceptors (Lipinski definition) is 4. The monoisotopic (exact) mass is 354 g/mol. The molecule has 0 spiro atoms. The van der Waals surface area contributed by atoms with Gasteiger partial charge in [-0.05, 0) is 49.6 Å². The highest BCUT2D eigenvalue weighted by Gasteiger charge is 2.23. The van der Waals surface area contributed by atoms with Gasteiger partial charge in [-0.2, -0.15) is 0 Å². The first kappa shape index (κ1) is 18.3. The molecule has 2 atom stereocenters. The van der Waals surface area contributed by atoms with Crippen LogP contribution in [0.2, 0.25) is 0 Å². The van der Waals surface area contributed by atoms with Gasteiger partial charge in [0.2, 0.25) is 5.91 Å². The predicted octanol–water partition coefficient (Wildman–Crippen LogP) is 3.20. The van der Waals surface area contributed by atoms with Crippen molar-refractivity contribution in [2.75, 3.05) is 13.7 Å². The van der Waals surface area contributed by atoms with Crippen molar-refractivity contribution < 1.29 is 14.3 Å². The Labute approximate surface area is 154 Å². The van der Waals surface area contributed by atoms with Crippen molar-refractivity contribution in [2.45, 2.75) is 38.5 Å². The second-order valence-electron chi connectivity index (χ2n) is 6.56. The molecule has 0 radical (unpaired) electrons. The van der Waals surface area contributed by atoms with E-state index in [-0.39, 0.29) is 18.0 Å². The van der Waals surface area contributed by atoms with Crippen molar-refractivity contribution in [3.63, 3.8) is 0 Å². The summed E-state index contributed by atoms with van der Waals surface area (Å²) in [5.74, 6) is 1.41. The van der Waals surface area contributed by atoms with Crippen molar-refractivity contribution in [1.29, 1.82) is 0 Å². The first-order chi connectivity index (χ1) is 12.7. The Hall–Kier alpha value is -2.53. The lowest BCUT2D eigenvalue weighted by molar-refractivity contribution is -0.123. The van der Waals surface area contributed by atoms with Gasteiger partial charge in [-0.3, -0.25) is 4.79 Å². The average Bonchev–Trinajstić information content (AvgIpc) is 3.22. The van der Waals surface area contributed by atoms with Gasteiger partial charge in [-0.1, -0.05) is 36.4 Å². The maximum Gasteiger partial charge on any atom is 0.237 e. The molecule has 1 saturated heterocycles. The lowest BCUT2D eigenvalue weighted by Crippen LogP contribution is -2.41. The van der Waals surface area contributed by atoms with Crippen LogP contribution in [0.15, 0.2) is 48.5 Å². The van der Waals surface area contributed by atoms with Crippen LogP contribution in [0.3, 0.4) is 0 Å². The van der Waals surface area contributed by atoms with E-state index in [1.807, 2.05) is 55.5 Å². The summed E-state index contributed by atoms with van der Waals surface area (Å²) in [5.41, 5.74) is 2.09. The third kappa shape index (κ3) is 4.55. The molecule has 1 fully saturated rings. The average molecular weight is 354 g/mol. The molecule has 2 N–H and O–H groups in total. The van der Waals surface area contributed by atoms with Gasteiger partial charge in [0, 0.05) is 0 Å². The topological polar surface area (TPSA) is 59.6 Å². The van der Waals surface area contributed by atoms with E-state index in [9.17, 15) is 4.79 Å². The summed E-state index contributed by atoms with van der Waals surface area (Å²) in [6.45, 7) is 3.37. The third-order valence-electron chi connectivity index (χ3n) is 4.66. The van der Waals surface area contributed by atoms with Gasteiger partial charge in [-0.15, -0.1) is 0 Å². The molecule has 0 aromatic heterocycles. The number of hydrogen-bond donors (Lipinski definition) is 2. The fraction of sp³-hybridized carbons (Fsp3) is 0.381. The number of amides is 1. The maximum atomic E-state index is 12.3. The number of rotatable bonds is 7. The largest absolute Gasteiger partial charge is 0.493 e.